The summed E-state index contributed by atoms with van der Waals surface area (Å²) >= 11 is 1.78. The Hall–Kier alpha value is -2.63. The van der Waals surface area contributed by atoms with Gasteiger partial charge < -0.3 is 14.9 Å². The molecule has 1 N–H and O–H groups in total. The van der Waals surface area contributed by atoms with Crippen LogP contribution < -0.4 is 4.90 Å². The number of amides is 1. The predicted molar refractivity (Wildman–Crippen MR) is 178 cm³/mol. The van der Waals surface area contributed by atoms with Gasteiger partial charge in [-0.05, 0) is 71.0 Å². The van der Waals surface area contributed by atoms with Gasteiger partial charge in [0.2, 0.25) is 5.91 Å². The molecule has 1 fully saturated rings. The minimum Gasteiger partial charge on any atom is -0.507 e. The Morgan fingerprint density at radius 1 is 0.854 bits per heavy atom. The van der Waals surface area contributed by atoms with Crippen molar-refractivity contribution in [3.63, 3.8) is 0 Å². The summed E-state index contributed by atoms with van der Waals surface area (Å²) in [5, 5.41) is 11.0. The monoisotopic (exact) mass is 594 g/mol. The third-order valence-corrected chi connectivity index (χ3v) is 8.86. The second kappa shape index (κ2) is 14.0. The van der Waals surface area contributed by atoms with Crippen LogP contribution in [0.1, 0.15) is 71.1 Å². The zero-order chi connectivity index (χ0) is 28.9. The topological polar surface area (TPSA) is 43.8 Å². The number of phenolic OH excluding ortho intramolecular Hbond substituents is 1. The number of carbonyl (C=O) groups excluding carboxylic acids is 1. The lowest BCUT2D eigenvalue weighted by Crippen LogP contribution is -2.45. The highest BCUT2D eigenvalue weighted by atomic mass is 35.5. The number of hydrogen-bond acceptors (Lipinski definition) is 4. The molecule has 1 aliphatic rings. The molecular formula is C35H47ClN2O2S. The van der Waals surface area contributed by atoms with Crippen molar-refractivity contribution >= 4 is 41.5 Å². The van der Waals surface area contributed by atoms with Crippen LogP contribution in [0, 0.1) is 0 Å². The number of phenols is 1. The Labute approximate surface area is 257 Å². The molecular weight excluding hydrogens is 548 g/mol. The molecule has 222 valence electrons. The zero-order valence-corrected chi connectivity index (χ0v) is 27.2. The van der Waals surface area contributed by atoms with Crippen molar-refractivity contribution in [1.29, 1.82) is 0 Å². The van der Waals surface area contributed by atoms with Crippen molar-refractivity contribution in [2.75, 3.05) is 30.3 Å². The summed E-state index contributed by atoms with van der Waals surface area (Å²) < 4.78 is 0. The summed E-state index contributed by atoms with van der Waals surface area (Å²) in [6, 6.07) is 25.3. The van der Waals surface area contributed by atoms with E-state index in [4.69, 9.17) is 0 Å². The fraction of sp³-hybridized carbons (Fsp3) is 0.457. The summed E-state index contributed by atoms with van der Waals surface area (Å²) in [5.74, 6) is 1.61. The summed E-state index contributed by atoms with van der Waals surface area (Å²) in [6.45, 7) is 15.3. The molecule has 1 unspecified atom stereocenters. The Bertz CT molecular complexity index is 1190. The van der Waals surface area contributed by atoms with Crippen LogP contribution in [-0.2, 0) is 22.0 Å². The lowest BCUT2D eigenvalue weighted by atomic mass is 9.78. The fourth-order valence-corrected chi connectivity index (χ4v) is 6.64. The molecule has 1 amide bonds. The number of benzene rings is 3. The highest BCUT2D eigenvalue weighted by Crippen LogP contribution is 2.40. The number of anilines is 2. The summed E-state index contributed by atoms with van der Waals surface area (Å²) in [7, 11) is 0. The minimum absolute atomic E-state index is 0. The van der Waals surface area contributed by atoms with Gasteiger partial charge in [-0.15, -0.1) is 24.2 Å². The van der Waals surface area contributed by atoms with Crippen molar-refractivity contribution in [3.05, 3.63) is 89.5 Å². The van der Waals surface area contributed by atoms with Gasteiger partial charge in [-0.2, -0.15) is 0 Å². The molecule has 0 saturated carbocycles. The van der Waals surface area contributed by atoms with E-state index in [-0.39, 0.29) is 34.4 Å². The van der Waals surface area contributed by atoms with Crippen LogP contribution >= 0.6 is 24.2 Å². The lowest BCUT2D eigenvalue weighted by Gasteiger charge is -2.33. The lowest BCUT2D eigenvalue weighted by molar-refractivity contribution is -0.130. The molecule has 1 heterocycles. The van der Waals surface area contributed by atoms with Gasteiger partial charge in [0.25, 0.3) is 0 Å². The molecule has 0 aliphatic carbocycles. The standard InChI is InChI=1S/C35H46N2O2S.ClH/c1-34(2,3)29-23-26(24-30(32(29)38)35(4,5)6)25-31-33(39)36(21-22-40-31)19-13-14-20-37(27-15-9-7-10-16-27)28-17-11-8-12-18-28;/h7-12,15-18,23-24,31,38H,13-14,19-22,25H2,1-6H3;1H. The first-order valence-electron chi connectivity index (χ1n) is 14.6. The van der Waals surface area contributed by atoms with E-state index in [1.165, 1.54) is 11.4 Å². The molecule has 1 saturated heterocycles. The van der Waals surface area contributed by atoms with Gasteiger partial charge in [0, 0.05) is 36.8 Å². The smallest absolute Gasteiger partial charge is 0.236 e. The van der Waals surface area contributed by atoms with Crippen LogP contribution in [0.25, 0.3) is 0 Å². The number of para-hydroxylation sites is 2. The van der Waals surface area contributed by atoms with E-state index in [1.807, 2.05) is 0 Å². The van der Waals surface area contributed by atoms with Crippen molar-refractivity contribution < 1.29 is 9.90 Å². The maximum Gasteiger partial charge on any atom is 0.236 e. The second-order valence-corrected chi connectivity index (χ2v) is 14.3. The average molecular weight is 595 g/mol. The van der Waals surface area contributed by atoms with Crippen LogP contribution in [0.3, 0.4) is 0 Å². The highest BCUT2D eigenvalue weighted by molar-refractivity contribution is 8.00. The van der Waals surface area contributed by atoms with Crippen molar-refractivity contribution in [3.8, 4) is 5.75 Å². The Balaban J connectivity index is 0.00000462. The minimum atomic E-state index is -0.177. The molecule has 1 aliphatic heterocycles. The van der Waals surface area contributed by atoms with Crippen LogP contribution in [0.5, 0.6) is 5.75 Å². The number of rotatable bonds is 9. The van der Waals surface area contributed by atoms with Crippen LogP contribution in [0.4, 0.5) is 11.4 Å². The fourth-order valence-electron chi connectivity index (χ4n) is 5.42. The van der Waals surface area contributed by atoms with E-state index in [0.717, 1.165) is 54.9 Å². The molecule has 0 radical (unpaired) electrons. The number of hydrogen-bond donors (Lipinski definition) is 1. The maximum absolute atomic E-state index is 13.6. The number of unbranched alkanes of at least 4 members (excludes halogenated alkanes) is 1. The first-order chi connectivity index (χ1) is 18.9. The molecule has 3 aromatic rings. The normalized spacial score (nSPS) is 15.9. The zero-order valence-electron chi connectivity index (χ0n) is 25.5. The van der Waals surface area contributed by atoms with Crippen molar-refractivity contribution in [2.45, 2.75) is 76.9 Å². The van der Waals surface area contributed by atoms with E-state index in [1.54, 1.807) is 11.8 Å². The highest BCUT2D eigenvalue weighted by Gasteiger charge is 2.31. The van der Waals surface area contributed by atoms with Crippen molar-refractivity contribution in [1.82, 2.24) is 4.90 Å². The molecule has 6 heteroatoms. The molecule has 3 aromatic carbocycles. The van der Waals surface area contributed by atoms with Gasteiger partial charge in [-0.25, -0.2) is 0 Å². The first kappa shape index (κ1) is 32.9. The van der Waals surface area contributed by atoms with Gasteiger partial charge in [-0.3, -0.25) is 4.79 Å². The van der Waals surface area contributed by atoms with E-state index >= 15 is 0 Å². The van der Waals surface area contributed by atoms with Gasteiger partial charge in [-0.1, -0.05) is 90.1 Å². The largest absolute Gasteiger partial charge is 0.507 e. The SMILES string of the molecule is CC(C)(C)c1cc(CC2SCCN(CCCCN(c3ccccc3)c3ccccc3)C2=O)cc(C(C)(C)C)c1O.Cl. The Morgan fingerprint density at radius 3 is 1.85 bits per heavy atom. The quantitative estimate of drug-likeness (QED) is 0.252. The first-order valence-corrected chi connectivity index (χ1v) is 15.6. The Morgan fingerprint density at radius 2 is 1.37 bits per heavy atom. The van der Waals surface area contributed by atoms with Crippen molar-refractivity contribution in [2.24, 2.45) is 0 Å². The van der Waals surface area contributed by atoms with Gasteiger partial charge in [0.1, 0.15) is 5.75 Å². The van der Waals surface area contributed by atoms with Crippen LogP contribution in [0.15, 0.2) is 72.8 Å². The number of nitrogens with zero attached hydrogens (tertiary/aromatic N) is 2. The summed E-state index contributed by atoms with van der Waals surface area (Å²) in [4.78, 5) is 18.0. The number of carbonyl (C=O) groups is 1. The molecule has 4 nitrogen and oxygen atoms in total. The Kier molecular flexibility index (Phi) is 11.2. The number of halogens is 1. The molecule has 1 atom stereocenters. The third-order valence-electron chi connectivity index (χ3n) is 7.67. The maximum atomic E-state index is 13.6. The number of aromatic hydroxyl groups is 1. The van der Waals surface area contributed by atoms with E-state index in [2.05, 4.69) is 124 Å². The number of thioether (sulfide) groups is 1. The summed E-state index contributed by atoms with van der Waals surface area (Å²) in [5.41, 5.74) is 5.09. The van der Waals surface area contributed by atoms with Crippen LogP contribution in [0.2, 0.25) is 0 Å². The molecule has 4 rings (SSSR count). The van der Waals surface area contributed by atoms with Gasteiger partial charge in [0.05, 0.1) is 5.25 Å². The molecule has 0 bridgehead atoms. The van der Waals surface area contributed by atoms with E-state index < -0.39 is 0 Å². The van der Waals surface area contributed by atoms with E-state index in [0.29, 0.717) is 12.2 Å². The summed E-state index contributed by atoms with van der Waals surface area (Å²) in [6.07, 6.45) is 2.68. The van der Waals surface area contributed by atoms with E-state index in [9.17, 15) is 9.90 Å². The van der Waals surface area contributed by atoms with Gasteiger partial charge >= 0.3 is 0 Å². The predicted octanol–water partition coefficient (Wildman–Crippen LogP) is 8.51. The second-order valence-electron chi connectivity index (χ2n) is 13.0. The molecule has 0 spiro atoms. The average Bonchev–Trinajstić information content (AvgIpc) is 2.91. The molecule has 0 aromatic heterocycles. The van der Waals surface area contributed by atoms with Crippen LogP contribution in [-0.4, -0.2) is 46.6 Å². The third kappa shape index (κ3) is 8.45. The molecule has 41 heavy (non-hydrogen) atoms. The van der Waals surface area contributed by atoms with Gasteiger partial charge in [0.15, 0.2) is 0 Å².